The topological polar surface area (TPSA) is 74.7 Å². The van der Waals surface area contributed by atoms with Crippen molar-refractivity contribution in [3.05, 3.63) is 28.8 Å². The van der Waals surface area contributed by atoms with Crippen LogP contribution in [0.15, 0.2) is 17.0 Å². The molecule has 0 spiro atoms. The Morgan fingerprint density at radius 1 is 1.33 bits per heavy atom. The molecule has 0 saturated carbocycles. The summed E-state index contributed by atoms with van der Waals surface area (Å²) in [6.45, 7) is -1.02. The maximum atomic E-state index is 12.5. The van der Waals surface area contributed by atoms with Crippen molar-refractivity contribution in [2.24, 2.45) is 0 Å². The lowest BCUT2D eigenvalue weighted by Crippen LogP contribution is -2.30. The van der Waals surface area contributed by atoms with Crippen LogP contribution in [0, 0.1) is 0 Å². The van der Waals surface area contributed by atoms with E-state index in [1.54, 1.807) is 6.07 Å². The molecule has 0 saturated heterocycles. The normalized spacial score (nSPS) is 15.0. The average molecular weight is 315 g/mol. The number of carbonyl (C=O) groups is 1. The number of sulfonamides is 1. The molecule has 0 atom stereocenters. The molecule has 7 heteroatoms. The number of aryl methyl sites for hydroxylation is 1. The highest BCUT2D eigenvalue weighted by Gasteiger charge is 2.28. The van der Waals surface area contributed by atoms with Crippen LogP contribution in [0.3, 0.4) is 0 Å². The van der Waals surface area contributed by atoms with Crippen molar-refractivity contribution < 1.29 is 22.7 Å². The molecule has 0 fully saturated rings. The Morgan fingerprint density at radius 2 is 2.00 bits per heavy atom. The fourth-order valence-electron chi connectivity index (χ4n) is 2.59. The summed E-state index contributed by atoms with van der Waals surface area (Å²) in [6.07, 6.45) is 3.06. The van der Waals surface area contributed by atoms with E-state index in [1.807, 2.05) is 0 Å². The molecule has 2 rings (SSSR count). The molecule has 1 aromatic rings. The molecule has 0 aliphatic heterocycles. The number of fused-ring (bicyclic) bond motifs is 1. The van der Waals surface area contributed by atoms with Gasteiger partial charge >= 0.3 is 5.97 Å². The van der Waals surface area contributed by atoms with Gasteiger partial charge in [-0.1, -0.05) is 0 Å². The van der Waals surface area contributed by atoms with Crippen molar-refractivity contribution in [2.75, 3.05) is 20.3 Å². The van der Waals surface area contributed by atoms with Crippen LogP contribution in [0.25, 0.3) is 0 Å². The average Bonchev–Trinajstić information content (AvgIpc) is 2.46. The Labute approximate surface area is 123 Å². The molecule has 0 heterocycles. The first kappa shape index (κ1) is 15.9. The molecule has 0 radical (unpaired) electrons. The van der Waals surface area contributed by atoms with Gasteiger partial charge in [0.1, 0.15) is 6.67 Å². The molecule has 1 N–H and O–H groups in total. The van der Waals surface area contributed by atoms with Crippen molar-refractivity contribution in [1.82, 2.24) is 4.31 Å². The zero-order chi connectivity index (χ0) is 15.6. The number of halogens is 1. The zero-order valence-electron chi connectivity index (χ0n) is 11.8. The first-order chi connectivity index (χ1) is 9.87. The van der Waals surface area contributed by atoms with Gasteiger partial charge < -0.3 is 5.11 Å². The number of hydrogen-bond donors (Lipinski definition) is 1. The van der Waals surface area contributed by atoms with Gasteiger partial charge in [-0.25, -0.2) is 17.6 Å². The molecule has 1 aliphatic rings. The maximum absolute atomic E-state index is 12.5. The summed E-state index contributed by atoms with van der Waals surface area (Å²) < 4.78 is 38.4. The van der Waals surface area contributed by atoms with Crippen LogP contribution in [0.1, 0.15) is 34.3 Å². The predicted octanol–water partition coefficient (Wildman–Crippen LogP) is 1.85. The Bertz CT molecular complexity index is 657. The van der Waals surface area contributed by atoms with Crippen molar-refractivity contribution in [1.29, 1.82) is 0 Å². The van der Waals surface area contributed by atoms with E-state index < -0.39 is 22.7 Å². The van der Waals surface area contributed by atoms with E-state index in [-0.39, 0.29) is 17.0 Å². The maximum Gasteiger partial charge on any atom is 0.335 e. The summed E-state index contributed by atoms with van der Waals surface area (Å²) >= 11 is 0. The Hall–Kier alpha value is -1.47. The number of benzene rings is 1. The summed E-state index contributed by atoms with van der Waals surface area (Å²) in [5, 5.41) is 9.15. The summed E-state index contributed by atoms with van der Waals surface area (Å²) in [5.41, 5.74) is 1.41. The standard InChI is InChI=1S/C14H18FNO4S/c1-16(7-6-15)21(19,20)13-9-11(14(17)18)8-10-4-2-3-5-12(10)13/h8-9H,2-7H2,1H3,(H,17,18). The van der Waals surface area contributed by atoms with E-state index >= 15 is 0 Å². The number of carboxylic acid groups (broad SMARTS) is 1. The van der Waals surface area contributed by atoms with Crippen LogP contribution in [-0.2, 0) is 22.9 Å². The van der Waals surface area contributed by atoms with Gasteiger partial charge in [0.25, 0.3) is 0 Å². The summed E-state index contributed by atoms with van der Waals surface area (Å²) in [5.74, 6) is -1.16. The largest absolute Gasteiger partial charge is 0.478 e. The van der Waals surface area contributed by atoms with E-state index in [0.717, 1.165) is 22.7 Å². The third-order valence-electron chi connectivity index (χ3n) is 3.76. The Kier molecular flexibility index (Phi) is 4.63. The smallest absolute Gasteiger partial charge is 0.335 e. The molecule has 116 valence electrons. The van der Waals surface area contributed by atoms with Crippen LogP contribution in [0.5, 0.6) is 0 Å². The molecular formula is C14H18FNO4S. The predicted molar refractivity (Wildman–Crippen MR) is 75.8 cm³/mol. The molecule has 1 aromatic carbocycles. The summed E-state index contributed by atoms with van der Waals surface area (Å²) in [4.78, 5) is 11.2. The summed E-state index contributed by atoms with van der Waals surface area (Å²) in [6, 6.07) is 2.74. The van der Waals surface area contributed by atoms with E-state index in [4.69, 9.17) is 5.11 Å². The second-order valence-corrected chi connectivity index (χ2v) is 7.15. The highest BCUT2D eigenvalue weighted by atomic mass is 32.2. The van der Waals surface area contributed by atoms with E-state index in [9.17, 15) is 17.6 Å². The summed E-state index contributed by atoms with van der Waals surface area (Å²) in [7, 11) is -2.57. The highest BCUT2D eigenvalue weighted by molar-refractivity contribution is 7.89. The van der Waals surface area contributed by atoms with Gasteiger partial charge in [-0.2, -0.15) is 4.31 Å². The van der Waals surface area contributed by atoms with Crippen molar-refractivity contribution in [3.8, 4) is 0 Å². The SMILES string of the molecule is CN(CCF)S(=O)(=O)c1cc(C(=O)O)cc2c1CCCC2. The molecule has 1 aliphatic carbocycles. The van der Waals surface area contributed by atoms with E-state index in [0.29, 0.717) is 18.4 Å². The zero-order valence-corrected chi connectivity index (χ0v) is 12.6. The van der Waals surface area contributed by atoms with Gasteiger partial charge in [0.2, 0.25) is 10.0 Å². The molecule has 0 aromatic heterocycles. The number of aromatic carboxylic acids is 1. The second kappa shape index (κ2) is 6.11. The fraction of sp³-hybridized carbons (Fsp3) is 0.500. The first-order valence-electron chi connectivity index (χ1n) is 6.79. The van der Waals surface area contributed by atoms with E-state index in [2.05, 4.69) is 0 Å². The van der Waals surface area contributed by atoms with Crippen LogP contribution < -0.4 is 0 Å². The molecule has 0 amide bonds. The van der Waals surface area contributed by atoms with Gasteiger partial charge in [-0.15, -0.1) is 0 Å². The fourth-order valence-corrected chi connectivity index (χ4v) is 4.05. The minimum Gasteiger partial charge on any atom is -0.478 e. The third-order valence-corrected chi connectivity index (χ3v) is 5.68. The Morgan fingerprint density at radius 3 is 2.62 bits per heavy atom. The van der Waals surface area contributed by atoms with Gasteiger partial charge in [0.15, 0.2) is 0 Å². The molecular weight excluding hydrogens is 297 g/mol. The molecule has 0 unspecified atom stereocenters. The van der Waals surface area contributed by atoms with Crippen LogP contribution in [0.2, 0.25) is 0 Å². The van der Waals surface area contributed by atoms with Crippen LogP contribution >= 0.6 is 0 Å². The monoisotopic (exact) mass is 315 g/mol. The molecule has 0 bridgehead atoms. The Balaban J connectivity index is 2.61. The van der Waals surface area contributed by atoms with Crippen molar-refractivity contribution >= 4 is 16.0 Å². The van der Waals surface area contributed by atoms with Gasteiger partial charge in [0.05, 0.1) is 10.5 Å². The lowest BCUT2D eigenvalue weighted by atomic mass is 9.90. The number of nitrogens with zero attached hydrogens (tertiary/aromatic N) is 1. The van der Waals surface area contributed by atoms with Gasteiger partial charge in [-0.05, 0) is 48.9 Å². The second-order valence-electron chi connectivity index (χ2n) is 5.14. The minimum atomic E-state index is -3.87. The molecule has 5 nitrogen and oxygen atoms in total. The molecule has 21 heavy (non-hydrogen) atoms. The minimum absolute atomic E-state index is 0.00745. The van der Waals surface area contributed by atoms with Crippen LogP contribution in [0.4, 0.5) is 4.39 Å². The number of hydrogen-bond acceptors (Lipinski definition) is 3. The van der Waals surface area contributed by atoms with E-state index in [1.165, 1.54) is 13.1 Å². The van der Waals surface area contributed by atoms with Crippen molar-refractivity contribution in [2.45, 2.75) is 30.6 Å². The third kappa shape index (κ3) is 3.08. The highest BCUT2D eigenvalue weighted by Crippen LogP contribution is 2.30. The number of carboxylic acids is 1. The van der Waals surface area contributed by atoms with Crippen molar-refractivity contribution in [3.63, 3.8) is 0 Å². The quantitative estimate of drug-likeness (QED) is 0.900. The number of rotatable bonds is 5. The lowest BCUT2D eigenvalue weighted by molar-refractivity contribution is 0.0696. The van der Waals surface area contributed by atoms with Gasteiger partial charge in [0, 0.05) is 13.6 Å². The number of alkyl halides is 1. The first-order valence-corrected chi connectivity index (χ1v) is 8.23. The lowest BCUT2D eigenvalue weighted by Gasteiger charge is -2.23. The van der Waals surface area contributed by atoms with Gasteiger partial charge in [-0.3, -0.25) is 0 Å². The van der Waals surface area contributed by atoms with Crippen LogP contribution in [-0.4, -0.2) is 44.1 Å².